The van der Waals surface area contributed by atoms with E-state index in [1.165, 1.54) is 51.6 Å². The fourth-order valence-electron chi connectivity index (χ4n) is 5.91. The van der Waals surface area contributed by atoms with Crippen LogP contribution in [0.3, 0.4) is 0 Å². The number of nitrogens with zero attached hydrogens (tertiary/aromatic N) is 7. The molecule has 3 fully saturated rings. The minimum absolute atomic E-state index is 0.0313. The number of benzene rings is 1. The smallest absolute Gasteiger partial charge is 0.275 e. The van der Waals surface area contributed by atoms with Crippen LogP contribution in [0.5, 0.6) is 0 Å². The summed E-state index contributed by atoms with van der Waals surface area (Å²) in [5, 5.41) is 6.00. The van der Waals surface area contributed by atoms with Crippen molar-refractivity contribution in [2.45, 2.75) is 51.4 Å². The predicted molar refractivity (Wildman–Crippen MR) is 170 cm³/mol. The summed E-state index contributed by atoms with van der Waals surface area (Å²) in [7, 11) is 4.01. The van der Waals surface area contributed by atoms with E-state index in [0.29, 0.717) is 45.5 Å². The van der Waals surface area contributed by atoms with Crippen LogP contribution in [0.25, 0.3) is 11.0 Å². The maximum absolute atomic E-state index is 13.3. The number of aryl methyl sites for hydroxylation is 1. The van der Waals surface area contributed by atoms with Gasteiger partial charge in [0, 0.05) is 38.9 Å². The molecule has 42 heavy (non-hydrogen) atoms. The molecule has 5 heterocycles. The van der Waals surface area contributed by atoms with Crippen LogP contribution in [0.4, 0.5) is 11.5 Å². The first kappa shape index (κ1) is 30.6. The zero-order valence-corrected chi connectivity index (χ0v) is 26.2. The van der Waals surface area contributed by atoms with Crippen LogP contribution < -0.4 is 9.80 Å². The van der Waals surface area contributed by atoms with Gasteiger partial charge in [0.1, 0.15) is 12.4 Å². The van der Waals surface area contributed by atoms with Crippen molar-refractivity contribution in [2.24, 2.45) is 7.05 Å². The number of aromatic nitrogens is 3. The number of anilines is 2. The monoisotopic (exact) mass is 613 g/mol. The highest BCUT2D eigenvalue weighted by molar-refractivity contribution is 6.42. The van der Waals surface area contributed by atoms with Gasteiger partial charge in [-0.05, 0) is 76.2 Å². The highest BCUT2D eigenvalue weighted by Gasteiger charge is 2.31. The van der Waals surface area contributed by atoms with Gasteiger partial charge in [0.05, 0.1) is 15.4 Å². The predicted octanol–water partition coefficient (Wildman–Crippen LogP) is 5.64. The number of likely N-dealkylation sites (tertiary alicyclic amines) is 1. The summed E-state index contributed by atoms with van der Waals surface area (Å²) < 4.78 is 1.65. The quantitative estimate of drug-likeness (QED) is 0.380. The first-order chi connectivity index (χ1) is 20.3. The Hall–Kier alpha value is -2.88. The van der Waals surface area contributed by atoms with E-state index in [1.54, 1.807) is 39.7 Å². The maximum Gasteiger partial charge on any atom is 0.275 e. The molecule has 0 saturated carbocycles. The zero-order valence-electron chi connectivity index (χ0n) is 24.7. The molecule has 2 aromatic heterocycles. The highest BCUT2D eigenvalue weighted by Crippen LogP contribution is 2.29. The van der Waals surface area contributed by atoms with Crippen LogP contribution in [0.15, 0.2) is 30.3 Å². The third-order valence-electron chi connectivity index (χ3n) is 8.36. The lowest BCUT2D eigenvalue weighted by atomic mass is 10.2. The van der Waals surface area contributed by atoms with Gasteiger partial charge in [-0.2, -0.15) is 5.10 Å². The second-order valence-electron chi connectivity index (χ2n) is 11.5. The Bertz CT molecular complexity index is 1400. The van der Waals surface area contributed by atoms with Crippen molar-refractivity contribution in [1.82, 2.24) is 24.6 Å². The summed E-state index contributed by atoms with van der Waals surface area (Å²) in [6.07, 6.45) is 10.6. The molecule has 0 atom stereocenters. The summed E-state index contributed by atoms with van der Waals surface area (Å²) in [5.41, 5.74) is 1.66. The molecule has 2 amide bonds. The molecule has 9 nitrogen and oxygen atoms in total. The lowest BCUT2D eigenvalue weighted by molar-refractivity contribution is -0.120. The number of carbonyl (C=O) groups excluding carboxylic acids is 2. The molecule has 3 aromatic rings. The molecule has 0 radical (unpaired) electrons. The Morgan fingerprint density at radius 2 is 1.45 bits per heavy atom. The summed E-state index contributed by atoms with van der Waals surface area (Å²) in [4.78, 5) is 38.9. The Morgan fingerprint density at radius 3 is 2.10 bits per heavy atom. The third kappa shape index (κ3) is 7.18. The van der Waals surface area contributed by atoms with Crippen LogP contribution in [-0.4, -0.2) is 89.2 Å². The van der Waals surface area contributed by atoms with Crippen molar-refractivity contribution >= 4 is 57.6 Å². The van der Waals surface area contributed by atoms with E-state index in [9.17, 15) is 9.59 Å². The van der Waals surface area contributed by atoms with Gasteiger partial charge >= 0.3 is 0 Å². The zero-order chi connectivity index (χ0) is 29.6. The molecule has 226 valence electrons. The van der Waals surface area contributed by atoms with Crippen LogP contribution >= 0.6 is 23.2 Å². The number of amides is 2. The molecule has 0 unspecified atom stereocenters. The SMILES string of the molecule is CN1CCCCCC1.Cn1nc(C(=O)N2CCN(c3ccc(Cl)c(Cl)c3)C(=O)C2)c2ccc(N3CCCCCC3)nc21. The summed E-state index contributed by atoms with van der Waals surface area (Å²) in [6, 6.07) is 8.98. The van der Waals surface area contributed by atoms with Crippen molar-refractivity contribution in [1.29, 1.82) is 0 Å². The summed E-state index contributed by atoms with van der Waals surface area (Å²) in [6.45, 7) is 5.35. The number of hydrogen-bond donors (Lipinski definition) is 0. The molecule has 3 saturated heterocycles. The Kier molecular flexibility index (Phi) is 10.2. The standard InChI is InChI=1S/C24H26Cl2N6O2.C7H15N/c1-29-23-17(7-9-20(27-23)30-10-4-2-3-5-11-30)22(28-29)24(34)31-12-13-32(21(33)15-31)16-6-8-18(25)19(26)14-16;1-8-6-4-2-3-5-7-8/h6-9,14H,2-5,10-13,15H2,1H3;2-7H2,1H3. The number of carbonyl (C=O) groups is 2. The van der Waals surface area contributed by atoms with E-state index in [0.717, 1.165) is 31.7 Å². The molecule has 1 aromatic carbocycles. The van der Waals surface area contributed by atoms with E-state index < -0.39 is 0 Å². The lowest BCUT2D eigenvalue weighted by Crippen LogP contribution is -2.52. The second-order valence-corrected chi connectivity index (χ2v) is 12.3. The first-order valence-electron chi connectivity index (χ1n) is 15.1. The van der Waals surface area contributed by atoms with E-state index in [-0.39, 0.29) is 18.4 Å². The number of piperazine rings is 1. The van der Waals surface area contributed by atoms with Gasteiger partial charge in [0.15, 0.2) is 11.3 Å². The van der Waals surface area contributed by atoms with E-state index in [2.05, 4.69) is 21.9 Å². The molecule has 3 aliphatic heterocycles. The van der Waals surface area contributed by atoms with Crippen molar-refractivity contribution in [3.63, 3.8) is 0 Å². The fourth-order valence-corrected chi connectivity index (χ4v) is 6.20. The van der Waals surface area contributed by atoms with Crippen molar-refractivity contribution in [3.8, 4) is 0 Å². The molecule has 11 heteroatoms. The van der Waals surface area contributed by atoms with Crippen molar-refractivity contribution < 1.29 is 9.59 Å². The Labute approximate surface area is 258 Å². The third-order valence-corrected chi connectivity index (χ3v) is 9.10. The minimum atomic E-state index is -0.267. The van der Waals surface area contributed by atoms with Crippen LogP contribution in [0.2, 0.25) is 10.0 Å². The van der Waals surface area contributed by atoms with Gasteiger partial charge in [-0.15, -0.1) is 0 Å². The molecule has 3 aliphatic rings. The molecule has 0 aliphatic carbocycles. The highest BCUT2D eigenvalue weighted by atomic mass is 35.5. The number of pyridine rings is 1. The number of halogens is 2. The maximum atomic E-state index is 13.3. The molecular weight excluding hydrogens is 573 g/mol. The van der Waals surface area contributed by atoms with Gasteiger partial charge < -0.3 is 19.6 Å². The van der Waals surface area contributed by atoms with Crippen molar-refractivity contribution in [2.75, 3.05) is 62.7 Å². The average Bonchev–Trinajstić information content (AvgIpc) is 3.21. The molecule has 0 bridgehead atoms. The largest absolute Gasteiger partial charge is 0.357 e. The van der Waals surface area contributed by atoms with Crippen molar-refractivity contribution in [3.05, 3.63) is 46.1 Å². The van der Waals surface area contributed by atoms with Crippen LogP contribution in [0, 0.1) is 0 Å². The minimum Gasteiger partial charge on any atom is -0.357 e. The first-order valence-corrected chi connectivity index (χ1v) is 15.9. The van der Waals surface area contributed by atoms with Gasteiger partial charge in [-0.3, -0.25) is 9.59 Å². The van der Waals surface area contributed by atoms with Crippen LogP contribution in [0.1, 0.15) is 61.9 Å². The number of fused-ring (bicyclic) bond motifs is 1. The van der Waals surface area contributed by atoms with Gasteiger partial charge in [-0.1, -0.05) is 48.9 Å². The lowest BCUT2D eigenvalue weighted by Gasteiger charge is -2.34. The van der Waals surface area contributed by atoms with Gasteiger partial charge in [0.25, 0.3) is 5.91 Å². The fraction of sp³-hybridized carbons (Fsp3) is 0.548. The summed E-state index contributed by atoms with van der Waals surface area (Å²) >= 11 is 12.1. The summed E-state index contributed by atoms with van der Waals surface area (Å²) in [5.74, 6) is 0.471. The second kappa shape index (κ2) is 14.1. The van der Waals surface area contributed by atoms with Gasteiger partial charge in [0.2, 0.25) is 5.91 Å². The number of hydrogen-bond acceptors (Lipinski definition) is 6. The van der Waals surface area contributed by atoms with E-state index in [4.69, 9.17) is 28.2 Å². The Balaban J connectivity index is 0.000000382. The van der Waals surface area contributed by atoms with E-state index >= 15 is 0 Å². The number of rotatable bonds is 3. The van der Waals surface area contributed by atoms with Crippen LogP contribution in [-0.2, 0) is 11.8 Å². The molecule has 0 N–H and O–H groups in total. The molecule has 6 rings (SSSR count). The average molecular weight is 615 g/mol. The molecule has 0 spiro atoms. The van der Waals surface area contributed by atoms with Gasteiger partial charge in [-0.25, -0.2) is 9.67 Å². The molecular formula is C31H41Cl2N7O2. The normalized spacial score (nSPS) is 18.9. The van der Waals surface area contributed by atoms with E-state index in [1.807, 2.05) is 12.1 Å². The Morgan fingerprint density at radius 1 is 0.786 bits per heavy atom. The topological polar surface area (TPSA) is 77.8 Å².